The third kappa shape index (κ3) is 25.2. The third-order valence-corrected chi connectivity index (χ3v) is 5.65. The van der Waals surface area contributed by atoms with Crippen molar-refractivity contribution in [2.75, 3.05) is 0 Å². The van der Waals surface area contributed by atoms with Crippen molar-refractivity contribution in [2.24, 2.45) is 0 Å². The molecule has 0 rings (SSSR count). The molecule has 166 valence electrons. The van der Waals surface area contributed by atoms with Crippen LogP contribution in [-0.2, 0) is 4.79 Å². The standard InChI is InChI=1S/C26H50O2/c1-2-3-4-5-6-7-8-9-10-11-12-13-14-15-16-17-18-19-20-21-22-23-24-25-26(27)28/h16-17H,2-15,18-25H2,1H3,(H,27,28). The second kappa shape index (κ2) is 24.2. The summed E-state index contributed by atoms with van der Waals surface area (Å²) in [7, 11) is 0. The minimum atomic E-state index is -0.659. The Kier molecular flexibility index (Phi) is 23.6. The van der Waals surface area contributed by atoms with Gasteiger partial charge in [-0.1, -0.05) is 122 Å². The second-order valence-electron chi connectivity index (χ2n) is 8.56. The van der Waals surface area contributed by atoms with Crippen molar-refractivity contribution < 1.29 is 9.90 Å². The van der Waals surface area contributed by atoms with E-state index in [9.17, 15) is 4.79 Å². The number of aliphatic carboxylic acids is 1. The molecule has 0 radical (unpaired) electrons. The van der Waals surface area contributed by atoms with Gasteiger partial charge < -0.3 is 5.11 Å². The fourth-order valence-corrected chi connectivity index (χ4v) is 3.76. The topological polar surface area (TPSA) is 37.3 Å². The highest BCUT2D eigenvalue weighted by Gasteiger charge is 1.96. The van der Waals surface area contributed by atoms with Crippen molar-refractivity contribution in [3.05, 3.63) is 12.2 Å². The van der Waals surface area contributed by atoms with E-state index in [-0.39, 0.29) is 0 Å². The first-order chi connectivity index (χ1) is 13.8. The minimum absolute atomic E-state index is 0.335. The van der Waals surface area contributed by atoms with E-state index in [4.69, 9.17) is 5.11 Å². The summed E-state index contributed by atoms with van der Waals surface area (Å²) in [5.74, 6) is -0.659. The molecule has 2 nitrogen and oxygen atoms in total. The van der Waals surface area contributed by atoms with Crippen LogP contribution in [0.1, 0.15) is 148 Å². The molecule has 1 N–H and O–H groups in total. The van der Waals surface area contributed by atoms with Gasteiger partial charge in [0.05, 0.1) is 0 Å². The molecule has 0 saturated carbocycles. The molecule has 0 unspecified atom stereocenters. The molecule has 0 spiro atoms. The van der Waals surface area contributed by atoms with Gasteiger partial charge in [0, 0.05) is 6.42 Å². The number of carboxylic acids is 1. The molecule has 0 saturated heterocycles. The third-order valence-electron chi connectivity index (χ3n) is 5.65. The fraction of sp³-hybridized carbons (Fsp3) is 0.885. The Morgan fingerprint density at radius 3 is 1.21 bits per heavy atom. The number of carbonyl (C=O) groups is 1. The number of carboxylic acid groups (broad SMARTS) is 1. The molecule has 0 fully saturated rings. The second-order valence-corrected chi connectivity index (χ2v) is 8.56. The molecule has 0 heterocycles. The predicted octanol–water partition coefficient (Wildman–Crippen LogP) is 9.23. The number of hydrogen-bond donors (Lipinski definition) is 1. The van der Waals surface area contributed by atoms with E-state index < -0.39 is 5.97 Å². The Labute approximate surface area is 176 Å². The Morgan fingerprint density at radius 2 is 0.857 bits per heavy atom. The predicted molar refractivity (Wildman–Crippen MR) is 124 cm³/mol. The molecule has 0 aliphatic carbocycles. The highest BCUT2D eigenvalue weighted by atomic mass is 16.4. The van der Waals surface area contributed by atoms with Gasteiger partial charge >= 0.3 is 5.97 Å². The molecule has 0 bridgehead atoms. The molecule has 0 aromatic rings. The highest BCUT2D eigenvalue weighted by Crippen LogP contribution is 2.13. The Bertz CT molecular complexity index is 335. The summed E-state index contributed by atoms with van der Waals surface area (Å²) in [5, 5.41) is 8.58. The molecular weight excluding hydrogens is 344 g/mol. The monoisotopic (exact) mass is 394 g/mol. The molecule has 0 atom stereocenters. The zero-order valence-corrected chi connectivity index (χ0v) is 19.1. The van der Waals surface area contributed by atoms with E-state index >= 15 is 0 Å². The zero-order valence-electron chi connectivity index (χ0n) is 19.1. The van der Waals surface area contributed by atoms with E-state index in [0.29, 0.717) is 6.42 Å². The van der Waals surface area contributed by atoms with Crippen molar-refractivity contribution in [2.45, 2.75) is 148 Å². The van der Waals surface area contributed by atoms with Crippen molar-refractivity contribution >= 4 is 5.97 Å². The zero-order chi connectivity index (χ0) is 20.5. The molecule has 0 aromatic heterocycles. The van der Waals surface area contributed by atoms with Gasteiger partial charge in [0.15, 0.2) is 0 Å². The maximum atomic E-state index is 10.4. The van der Waals surface area contributed by atoms with Gasteiger partial charge in [0.2, 0.25) is 0 Å². The molecule has 2 heteroatoms. The lowest BCUT2D eigenvalue weighted by atomic mass is 10.0. The largest absolute Gasteiger partial charge is 0.481 e. The average Bonchev–Trinajstić information content (AvgIpc) is 2.68. The van der Waals surface area contributed by atoms with Crippen LogP contribution in [0.5, 0.6) is 0 Å². The lowest BCUT2D eigenvalue weighted by Gasteiger charge is -2.02. The van der Waals surface area contributed by atoms with E-state index in [0.717, 1.165) is 12.8 Å². The van der Waals surface area contributed by atoms with Crippen LogP contribution in [0, 0.1) is 0 Å². The van der Waals surface area contributed by atoms with E-state index in [2.05, 4.69) is 19.1 Å². The van der Waals surface area contributed by atoms with Gasteiger partial charge in [-0.2, -0.15) is 0 Å². The van der Waals surface area contributed by atoms with Crippen LogP contribution in [0.2, 0.25) is 0 Å². The van der Waals surface area contributed by atoms with Crippen LogP contribution in [0.25, 0.3) is 0 Å². The number of hydrogen-bond acceptors (Lipinski definition) is 1. The Hall–Kier alpha value is -0.790. The average molecular weight is 395 g/mol. The van der Waals surface area contributed by atoms with Crippen molar-refractivity contribution in [3.63, 3.8) is 0 Å². The van der Waals surface area contributed by atoms with Crippen molar-refractivity contribution in [1.82, 2.24) is 0 Å². The van der Waals surface area contributed by atoms with Crippen molar-refractivity contribution in [3.8, 4) is 0 Å². The summed E-state index contributed by atoms with van der Waals surface area (Å²) in [6.07, 6.45) is 33.1. The van der Waals surface area contributed by atoms with E-state index in [1.54, 1.807) is 0 Å². The van der Waals surface area contributed by atoms with Crippen LogP contribution in [0.15, 0.2) is 12.2 Å². The highest BCUT2D eigenvalue weighted by molar-refractivity contribution is 5.66. The fourth-order valence-electron chi connectivity index (χ4n) is 3.76. The van der Waals surface area contributed by atoms with Crippen molar-refractivity contribution in [1.29, 1.82) is 0 Å². The van der Waals surface area contributed by atoms with Crippen LogP contribution >= 0.6 is 0 Å². The summed E-state index contributed by atoms with van der Waals surface area (Å²) < 4.78 is 0. The van der Waals surface area contributed by atoms with Crippen LogP contribution < -0.4 is 0 Å². The SMILES string of the molecule is CCCCCCCCCCCCCCCC=CCCCCCCCCC(=O)O. The summed E-state index contributed by atoms with van der Waals surface area (Å²) in [6, 6.07) is 0. The number of allylic oxidation sites excluding steroid dienone is 2. The number of rotatable bonds is 23. The normalized spacial score (nSPS) is 11.5. The maximum Gasteiger partial charge on any atom is 0.303 e. The first-order valence-corrected chi connectivity index (χ1v) is 12.6. The van der Waals surface area contributed by atoms with Crippen LogP contribution in [-0.4, -0.2) is 11.1 Å². The summed E-state index contributed by atoms with van der Waals surface area (Å²) in [6.45, 7) is 2.29. The summed E-state index contributed by atoms with van der Waals surface area (Å²) >= 11 is 0. The molecule has 0 amide bonds. The molecule has 0 aromatic carbocycles. The quantitative estimate of drug-likeness (QED) is 0.138. The van der Waals surface area contributed by atoms with E-state index in [1.165, 1.54) is 122 Å². The Balaban J connectivity index is 3.07. The molecular formula is C26H50O2. The number of unbranched alkanes of at least 4 members (excludes halogenated alkanes) is 19. The minimum Gasteiger partial charge on any atom is -0.481 e. The molecule has 0 aliphatic rings. The van der Waals surface area contributed by atoms with Gasteiger partial charge in [0.1, 0.15) is 0 Å². The van der Waals surface area contributed by atoms with E-state index in [1.807, 2.05) is 0 Å². The first-order valence-electron chi connectivity index (χ1n) is 12.6. The van der Waals surface area contributed by atoms with Gasteiger partial charge in [-0.05, 0) is 32.1 Å². The maximum absolute atomic E-state index is 10.4. The molecule has 0 aliphatic heterocycles. The van der Waals surface area contributed by atoms with Gasteiger partial charge in [-0.15, -0.1) is 0 Å². The van der Waals surface area contributed by atoms with Crippen LogP contribution in [0.3, 0.4) is 0 Å². The summed E-state index contributed by atoms with van der Waals surface area (Å²) in [4.78, 5) is 10.4. The first kappa shape index (κ1) is 27.2. The van der Waals surface area contributed by atoms with Gasteiger partial charge in [-0.3, -0.25) is 4.79 Å². The summed E-state index contributed by atoms with van der Waals surface area (Å²) in [5.41, 5.74) is 0. The smallest absolute Gasteiger partial charge is 0.303 e. The van der Waals surface area contributed by atoms with Gasteiger partial charge in [0.25, 0.3) is 0 Å². The van der Waals surface area contributed by atoms with Gasteiger partial charge in [-0.25, -0.2) is 0 Å². The van der Waals surface area contributed by atoms with Crippen LogP contribution in [0.4, 0.5) is 0 Å². The lowest BCUT2D eigenvalue weighted by molar-refractivity contribution is -0.137. The lowest BCUT2D eigenvalue weighted by Crippen LogP contribution is -1.93. The Morgan fingerprint density at radius 1 is 0.536 bits per heavy atom. The molecule has 28 heavy (non-hydrogen) atoms.